The van der Waals surface area contributed by atoms with Gasteiger partial charge in [-0.25, -0.2) is 0 Å². The van der Waals surface area contributed by atoms with Gasteiger partial charge in [0.1, 0.15) is 0 Å². The van der Waals surface area contributed by atoms with Crippen LogP contribution in [0.25, 0.3) is 0 Å². The third-order valence-electron chi connectivity index (χ3n) is 5.14. The van der Waals surface area contributed by atoms with Crippen LogP contribution in [0.5, 0.6) is 0 Å². The lowest BCUT2D eigenvalue weighted by Crippen LogP contribution is -2.39. The molecule has 1 saturated heterocycles. The summed E-state index contributed by atoms with van der Waals surface area (Å²) in [6, 6.07) is 8.08. The third-order valence-corrected chi connectivity index (χ3v) is 5.39. The molecule has 0 bridgehead atoms. The minimum atomic E-state index is 0.195. The van der Waals surface area contributed by atoms with Gasteiger partial charge in [0.2, 0.25) is 5.91 Å². The highest BCUT2D eigenvalue weighted by Crippen LogP contribution is 2.23. The molecule has 0 radical (unpaired) electrons. The Balaban J connectivity index is 1.84. The minimum absolute atomic E-state index is 0.195. The van der Waals surface area contributed by atoms with Crippen molar-refractivity contribution in [3.05, 3.63) is 34.9 Å². The molecule has 1 fully saturated rings. The highest BCUT2D eigenvalue weighted by Gasteiger charge is 2.24. The Hall–Kier alpha value is -1.06. The molecule has 1 aliphatic rings. The van der Waals surface area contributed by atoms with E-state index >= 15 is 0 Å². The third kappa shape index (κ3) is 5.50. The van der Waals surface area contributed by atoms with Gasteiger partial charge in [-0.1, -0.05) is 30.7 Å². The Morgan fingerprint density at radius 3 is 2.65 bits per heavy atom. The Kier molecular flexibility index (Phi) is 6.91. The zero-order valence-corrected chi connectivity index (χ0v) is 15.3. The first-order valence-corrected chi connectivity index (χ1v) is 9.06. The number of benzene rings is 1. The van der Waals surface area contributed by atoms with Crippen LogP contribution < -0.4 is 5.32 Å². The fraction of sp³-hybridized carbons (Fsp3) is 0.632. The van der Waals surface area contributed by atoms with Crippen LogP contribution in [0.2, 0.25) is 5.02 Å². The van der Waals surface area contributed by atoms with Crippen LogP contribution in [0, 0.1) is 11.8 Å². The molecule has 1 amide bonds. The fourth-order valence-electron chi connectivity index (χ4n) is 3.29. The van der Waals surface area contributed by atoms with E-state index in [0.717, 1.165) is 24.5 Å². The van der Waals surface area contributed by atoms with Crippen LogP contribution in [-0.2, 0) is 11.2 Å². The van der Waals surface area contributed by atoms with Gasteiger partial charge >= 0.3 is 0 Å². The van der Waals surface area contributed by atoms with E-state index in [1.165, 1.54) is 18.4 Å². The molecule has 0 aromatic heterocycles. The molecule has 1 aromatic carbocycles. The normalized spacial score (nSPS) is 20.8. The number of hydrogen-bond donors (Lipinski definition) is 1. The number of nitrogens with zero attached hydrogens (tertiary/aromatic N) is 1. The Bertz CT molecular complexity index is 497. The van der Waals surface area contributed by atoms with Crippen molar-refractivity contribution in [1.82, 2.24) is 10.2 Å². The van der Waals surface area contributed by atoms with E-state index in [2.05, 4.69) is 19.2 Å². The van der Waals surface area contributed by atoms with Crippen molar-refractivity contribution in [3.63, 3.8) is 0 Å². The Morgan fingerprint density at radius 1 is 1.35 bits per heavy atom. The molecule has 1 heterocycles. The van der Waals surface area contributed by atoms with Gasteiger partial charge in [-0.3, -0.25) is 4.79 Å². The van der Waals surface area contributed by atoms with E-state index < -0.39 is 0 Å². The first-order chi connectivity index (χ1) is 11.0. The Labute approximate surface area is 145 Å². The summed E-state index contributed by atoms with van der Waals surface area (Å²) < 4.78 is 0. The molecule has 0 saturated carbocycles. The smallest absolute Gasteiger partial charge is 0.222 e. The predicted octanol–water partition coefficient (Wildman–Crippen LogP) is 3.76. The van der Waals surface area contributed by atoms with Crippen LogP contribution in [-0.4, -0.2) is 37.0 Å². The van der Waals surface area contributed by atoms with Gasteiger partial charge < -0.3 is 10.2 Å². The van der Waals surface area contributed by atoms with Crippen molar-refractivity contribution in [3.8, 4) is 0 Å². The van der Waals surface area contributed by atoms with Crippen molar-refractivity contribution in [2.45, 2.75) is 45.6 Å². The van der Waals surface area contributed by atoms with E-state index in [9.17, 15) is 4.79 Å². The molecule has 1 N–H and O–H groups in total. The number of amides is 1. The topological polar surface area (TPSA) is 32.3 Å². The zero-order valence-electron chi connectivity index (χ0n) is 14.5. The van der Waals surface area contributed by atoms with Crippen molar-refractivity contribution < 1.29 is 4.79 Å². The van der Waals surface area contributed by atoms with E-state index in [-0.39, 0.29) is 11.9 Å². The molecule has 2 rings (SSSR count). The lowest BCUT2D eigenvalue weighted by Gasteiger charge is -2.31. The van der Waals surface area contributed by atoms with E-state index in [4.69, 9.17) is 11.6 Å². The lowest BCUT2D eigenvalue weighted by molar-refractivity contribution is -0.133. The fourth-order valence-corrected chi connectivity index (χ4v) is 3.42. The van der Waals surface area contributed by atoms with Crippen LogP contribution in [0.1, 0.15) is 38.7 Å². The number of carbonyl (C=O) groups is 1. The quantitative estimate of drug-likeness (QED) is 0.858. The maximum absolute atomic E-state index is 12.6. The lowest BCUT2D eigenvalue weighted by atomic mass is 9.85. The standard InChI is InChI=1S/C19H29ClN2O/c1-14(17-5-4-10-21-13-17)11-19(23)22(3)15(2)12-16-6-8-18(20)9-7-16/h6-9,14-15,17,21H,4-5,10-13H2,1-3H3. The minimum Gasteiger partial charge on any atom is -0.343 e. The van der Waals surface area contributed by atoms with Crippen molar-refractivity contribution in [2.24, 2.45) is 11.8 Å². The number of piperidine rings is 1. The van der Waals surface area contributed by atoms with Crippen molar-refractivity contribution in [2.75, 3.05) is 20.1 Å². The highest BCUT2D eigenvalue weighted by molar-refractivity contribution is 6.30. The molecule has 3 unspecified atom stereocenters. The summed E-state index contributed by atoms with van der Waals surface area (Å²) >= 11 is 5.92. The second-order valence-corrected chi connectivity index (χ2v) is 7.41. The molecule has 0 aliphatic carbocycles. The van der Waals surface area contributed by atoms with Gasteiger partial charge in [-0.15, -0.1) is 0 Å². The molecule has 3 atom stereocenters. The largest absolute Gasteiger partial charge is 0.343 e. The van der Waals surface area contributed by atoms with Gasteiger partial charge in [0.15, 0.2) is 0 Å². The monoisotopic (exact) mass is 336 g/mol. The summed E-state index contributed by atoms with van der Waals surface area (Å²) in [7, 11) is 1.93. The summed E-state index contributed by atoms with van der Waals surface area (Å²) in [5.74, 6) is 1.33. The Morgan fingerprint density at radius 2 is 2.04 bits per heavy atom. The maximum Gasteiger partial charge on any atom is 0.222 e. The van der Waals surface area contributed by atoms with E-state index in [0.29, 0.717) is 18.3 Å². The van der Waals surface area contributed by atoms with E-state index in [1.54, 1.807) is 0 Å². The maximum atomic E-state index is 12.6. The van der Waals surface area contributed by atoms with Crippen LogP contribution in [0.15, 0.2) is 24.3 Å². The summed E-state index contributed by atoms with van der Waals surface area (Å²) in [6.45, 7) is 6.50. The van der Waals surface area contributed by atoms with Gasteiger partial charge in [0.25, 0.3) is 0 Å². The molecule has 23 heavy (non-hydrogen) atoms. The van der Waals surface area contributed by atoms with Crippen molar-refractivity contribution >= 4 is 17.5 Å². The van der Waals surface area contributed by atoms with Crippen molar-refractivity contribution in [1.29, 1.82) is 0 Å². The second-order valence-electron chi connectivity index (χ2n) is 6.97. The average molecular weight is 337 g/mol. The second kappa shape index (κ2) is 8.70. The molecular formula is C19H29ClN2O. The van der Waals surface area contributed by atoms with Gasteiger partial charge in [-0.2, -0.15) is 0 Å². The zero-order chi connectivity index (χ0) is 16.8. The van der Waals surface area contributed by atoms with Gasteiger partial charge in [0, 0.05) is 24.5 Å². The summed E-state index contributed by atoms with van der Waals surface area (Å²) in [5, 5.41) is 4.19. The highest BCUT2D eigenvalue weighted by atomic mass is 35.5. The van der Waals surface area contributed by atoms with Gasteiger partial charge in [0.05, 0.1) is 0 Å². The first kappa shape index (κ1) is 18.3. The molecule has 1 aromatic rings. The summed E-state index contributed by atoms with van der Waals surface area (Å²) in [5.41, 5.74) is 1.21. The molecule has 3 nitrogen and oxygen atoms in total. The molecule has 0 spiro atoms. The molecule has 1 aliphatic heterocycles. The summed E-state index contributed by atoms with van der Waals surface area (Å²) in [4.78, 5) is 14.5. The molecule has 4 heteroatoms. The average Bonchev–Trinajstić information content (AvgIpc) is 2.56. The number of hydrogen-bond acceptors (Lipinski definition) is 2. The molecule has 128 valence electrons. The number of likely N-dealkylation sites (N-methyl/N-ethyl adjacent to an activating group) is 1. The number of nitrogens with one attached hydrogen (secondary N) is 1. The van der Waals surface area contributed by atoms with Crippen LogP contribution in [0.3, 0.4) is 0 Å². The number of halogens is 1. The first-order valence-electron chi connectivity index (χ1n) is 8.68. The SMILES string of the molecule is CC(CC(=O)N(C)C(C)Cc1ccc(Cl)cc1)C1CCCNC1. The number of carbonyl (C=O) groups excluding carboxylic acids is 1. The van der Waals surface area contributed by atoms with Crippen LogP contribution >= 0.6 is 11.6 Å². The molecular weight excluding hydrogens is 308 g/mol. The van der Waals surface area contributed by atoms with Gasteiger partial charge in [-0.05, 0) is 68.8 Å². The predicted molar refractivity (Wildman–Crippen MR) is 96.8 cm³/mol. The van der Waals surface area contributed by atoms with E-state index in [1.807, 2.05) is 36.2 Å². The van der Waals surface area contributed by atoms with Crippen LogP contribution in [0.4, 0.5) is 0 Å². The summed E-state index contributed by atoms with van der Waals surface area (Å²) in [6.07, 6.45) is 3.98. The number of rotatable bonds is 6.